The molecule has 0 saturated heterocycles. The highest BCUT2D eigenvalue weighted by molar-refractivity contribution is 5.95. The van der Waals surface area contributed by atoms with Gasteiger partial charge in [-0.25, -0.2) is 9.78 Å². The first-order valence-corrected chi connectivity index (χ1v) is 5.91. The third-order valence-electron chi connectivity index (χ3n) is 2.86. The largest absolute Gasteiger partial charge is 0.478 e. The standard InChI is InChI=1S/C13H16N4O2/c1-17-7-6-16-12(17)4-5-15-11-8-9(14)2-3-10(11)13(18)19/h2-3,6-8,15H,4-5,14H2,1H3,(H,18,19). The van der Waals surface area contributed by atoms with Gasteiger partial charge in [0.15, 0.2) is 0 Å². The molecule has 0 aliphatic carbocycles. The molecule has 1 heterocycles. The highest BCUT2D eigenvalue weighted by atomic mass is 16.4. The van der Waals surface area contributed by atoms with Crippen molar-refractivity contribution >= 4 is 17.3 Å². The third-order valence-corrected chi connectivity index (χ3v) is 2.86. The summed E-state index contributed by atoms with van der Waals surface area (Å²) in [4.78, 5) is 15.3. The SMILES string of the molecule is Cn1ccnc1CCNc1cc(N)ccc1C(=O)O. The van der Waals surface area contributed by atoms with Crippen LogP contribution in [0.3, 0.4) is 0 Å². The zero-order valence-electron chi connectivity index (χ0n) is 10.6. The monoisotopic (exact) mass is 260 g/mol. The van der Waals surface area contributed by atoms with Crippen LogP contribution in [0.15, 0.2) is 30.6 Å². The first-order valence-electron chi connectivity index (χ1n) is 5.91. The van der Waals surface area contributed by atoms with E-state index in [9.17, 15) is 4.79 Å². The normalized spacial score (nSPS) is 10.4. The number of nitrogen functional groups attached to an aromatic ring is 1. The van der Waals surface area contributed by atoms with E-state index in [4.69, 9.17) is 10.8 Å². The van der Waals surface area contributed by atoms with Crippen molar-refractivity contribution in [2.45, 2.75) is 6.42 Å². The van der Waals surface area contributed by atoms with Gasteiger partial charge in [0.25, 0.3) is 0 Å². The maximum Gasteiger partial charge on any atom is 0.337 e. The van der Waals surface area contributed by atoms with Gasteiger partial charge in [0, 0.05) is 38.1 Å². The Balaban J connectivity index is 2.05. The number of nitrogens with one attached hydrogen (secondary N) is 1. The molecular formula is C13H16N4O2. The van der Waals surface area contributed by atoms with Crippen molar-refractivity contribution in [2.24, 2.45) is 7.05 Å². The summed E-state index contributed by atoms with van der Waals surface area (Å²) in [5, 5.41) is 12.2. The third kappa shape index (κ3) is 3.04. The van der Waals surface area contributed by atoms with E-state index in [0.717, 1.165) is 5.82 Å². The van der Waals surface area contributed by atoms with Crippen molar-refractivity contribution in [2.75, 3.05) is 17.6 Å². The minimum Gasteiger partial charge on any atom is -0.478 e. The number of hydrogen-bond donors (Lipinski definition) is 3. The Hall–Kier alpha value is -2.50. The predicted molar refractivity (Wildman–Crippen MR) is 73.2 cm³/mol. The summed E-state index contributed by atoms with van der Waals surface area (Å²) in [7, 11) is 1.92. The van der Waals surface area contributed by atoms with Crippen LogP contribution in [0.5, 0.6) is 0 Å². The second kappa shape index (κ2) is 5.43. The first kappa shape index (κ1) is 12.9. The molecule has 0 aliphatic heterocycles. The van der Waals surface area contributed by atoms with Crippen LogP contribution in [0.4, 0.5) is 11.4 Å². The zero-order valence-corrected chi connectivity index (χ0v) is 10.6. The van der Waals surface area contributed by atoms with Gasteiger partial charge in [-0.1, -0.05) is 0 Å². The average molecular weight is 260 g/mol. The lowest BCUT2D eigenvalue weighted by molar-refractivity contribution is 0.0698. The molecule has 4 N–H and O–H groups in total. The maximum atomic E-state index is 11.1. The minimum atomic E-state index is -0.973. The van der Waals surface area contributed by atoms with Crippen molar-refractivity contribution in [3.63, 3.8) is 0 Å². The summed E-state index contributed by atoms with van der Waals surface area (Å²) in [6.07, 6.45) is 4.31. The molecular weight excluding hydrogens is 244 g/mol. The molecule has 1 aromatic heterocycles. The Kier molecular flexibility index (Phi) is 3.70. The summed E-state index contributed by atoms with van der Waals surface area (Å²) in [6, 6.07) is 4.70. The Bertz CT molecular complexity index is 592. The fraction of sp³-hybridized carbons (Fsp3) is 0.231. The van der Waals surface area contributed by atoms with Crippen molar-refractivity contribution in [3.8, 4) is 0 Å². The molecule has 0 saturated carbocycles. The summed E-state index contributed by atoms with van der Waals surface area (Å²) < 4.78 is 1.93. The molecule has 100 valence electrons. The van der Waals surface area contributed by atoms with Crippen LogP contribution in [0.25, 0.3) is 0 Å². The van der Waals surface area contributed by atoms with E-state index in [1.54, 1.807) is 18.3 Å². The fourth-order valence-corrected chi connectivity index (χ4v) is 1.84. The summed E-state index contributed by atoms with van der Waals surface area (Å²) in [6.45, 7) is 0.592. The molecule has 0 spiro atoms. The maximum absolute atomic E-state index is 11.1. The van der Waals surface area contributed by atoms with E-state index in [-0.39, 0.29) is 5.56 Å². The molecule has 19 heavy (non-hydrogen) atoms. The molecule has 2 rings (SSSR count). The van der Waals surface area contributed by atoms with E-state index >= 15 is 0 Å². The van der Waals surface area contributed by atoms with Crippen LogP contribution >= 0.6 is 0 Å². The number of aryl methyl sites for hydroxylation is 1. The van der Waals surface area contributed by atoms with E-state index in [1.165, 1.54) is 6.07 Å². The van der Waals surface area contributed by atoms with E-state index in [2.05, 4.69) is 10.3 Å². The predicted octanol–water partition coefficient (Wildman–Crippen LogP) is 1.36. The number of anilines is 2. The summed E-state index contributed by atoms with van der Waals surface area (Å²) in [5.41, 5.74) is 6.95. The van der Waals surface area contributed by atoms with Crippen molar-refractivity contribution < 1.29 is 9.90 Å². The minimum absolute atomic E-state index is 0.217. The number of carboxylic acid groups (broad SMARTS) is 1. The molecule has 0 bridgehead atoms. The number of imidazole rings is 1. The average Bonchev–Trinajstić information content (AvgIpc) is 2.75. The van der Waals surface area contributed by atoms with Crippen molar-refractivity contribution in [1.29, 1.82) is 0 Å². The van der Waals surface area contributed by atoms with E-state index in [0.29, 0.717) is 24.3 Å². The van der Waals surface area contributed by atoms with Crippen LogP contribution < -0.4 is 11.1 Å². The Morgan fingerprint density at radius 2 is 2.32 bits per heavy atom. The van der Waals surface area contributed by atoms with Crippen molar-refractivity contribution in [1.82, 2.24) is 9.55 Å². The number of nitrogens with zero attached hydrogens (tertiary/aromatic N) is 2. The highest BCUT2D eigenvalue weighted by Gasteiger charge is 2.10. The second-order valence-electron chi connectivity index (χ2n) is 4.24. The fourth-order valence-electron chi connectivity index (χ4n) is 1.84. The smallest absolute Gasteiger partial charge is 0.337 e. The molecule has 0 aliphatic rings. The van der Waals surface area contributed by atoms with Gasteiger partial charge >= 0.3 is 5.97 Å². The molecule has 6 heteroatoms. The van der Waals surface area contributed by atoms with E-state index < -0.39 is 5.97 Å². The molecule has 0 fully saturated rings. The number of carbonyl (C=O) groups is 1. The summed E-state index contributed by atoms with van der Waals surface area (Å²) >= 11 is 0. The Morgan fingerprint density at radius 1 is 1.53 bits per heavy atom. The van der Waals surface area contributed by atoms with Crippen LogP contribution in [0, 0.1) is 0 Å². The van der Waals surface area contributed by atoms with Crippen LogP contribution in [-0.4, -0.2) is 27.2 Å². The van der Waals surface area contributed by atoms with Crippen LogP contribution in [0.1, 0.15) is 16.2 Å². The van der Waals surface area contributed by atoms with E-state index in [1.807, 2.05) is 17.8 Å². The molecule has 6 nitrogen and oxygen atoms in total. The van der Waals surface area contributed by atoms with Crippen molar-refractivity contribution in [3.05, 3.63) is 42.0 Å². The number of rotatable bonds is 5. The number of benzene rings is 1. The first-order chi connectivity index (χ1) is 9.08. The van der Waals surface area contributed by atoms with Gasteiger partial charge in [-0.05, 0) is 18.2 Å². The lowest BCUT2D eigenvalue weighted by Gasteiger charge is -2.10. The zero-order chi connectivity index (χ0) is 13.8. The van der Waals surface area contributed by atoms with Gasteiger partial charge in [-0.2, -0.15) is 0 Å². The molecule has 0 radical (unpaired) electrons. The van der Waals surface area contributed by atoms with Gasteiger partial charge < -0.3 is 20.7 Å². The van der Waals surface area contributed by atoms with Gasteiger partial charge in [0.2, 0.25) is 0 Å². The number of aromatic carboxylic acids is 1. The van der Waals surface area contributed by atoms with Crippen LogP contribution in [-0.2, 0) is 13.5 Å². The molecule has 1 aromatic carbocycles. The molecule has 2 aromatic rings. The quantitative estimate of drug-likeness (QED) is 0.706. The van der Waals surface area contributed by atoms with Gasteiger partial charge in [0.1, 0.15) is 5.82 Å². The number of hydrogen-bond acceptors (Lipinski definition) is 4. The van der Waals surface area contributed by atoms with Crippen LogP contribution in [0.2, 0.25) is 0 Å². The number of nitrogens with two attached hydrogens (primary N) is 1. The lowest BCUT2D eigenvalue weighted by Crippen LogP contribution is -2.12. The Labute approximate surface area is 110 Å². The lowest BCUT2D eigenvalue weighted by atomic mass is 10.1. The van der Waals surface area contributed by atoms with Gasteiger partial charge in [0.05, 0.1) is 11.3 Å². The Morgan fingerprint density at radius 3 is 2.95 bits per heavy atom. The molecule has 0 atom stereocenters. The second-order valence-corrected chi connectivity index (χ2v) is 4.24. The topological polar surface area (TPSA) is 93.2 Å². The number of aromatic nitrogens is 2. The summed E-state index contributed by atoms with van der Waals surface area (Å²) in [5.74, 6) is -0.0345. The van der Waals surface area contributed by atoms with Gasteiger partial charge in [-0.15, -0.1) is 0 Å². The highest BCUT2D eigenvalue weighted by Crippen LogP contribution is 2.19. The van der Waals surface area contributed by atoms with Gasteiger partial charge in [-0.3, -0.25) is 0 Å². The molecule has 0 amide bonds. The number of carboxylic acids is 1. The molecule has 0 unspecified atom stereocenters.